The number of allylic oxidation sites excluding steroid dienone is 6. The van der Waals surface area contributed by atoms with E-state index in [-0.39, 0.29) is 5.41 Å². The third-order valence-corrected chi connectivity index (χ3v) is 2.82. The Balaban J connectivity index is 2.51. The second kappa shape index (κ2) is 2.44. The molecule has 0 aromatic rings. The molecule has 0 spiro atoms. The second-order valence-electron chi connectivity index (χ2n) is 3.56. The van der Waals surface area contributed by atoms with Gasteiger partial charge in [0.15, 0.2) is 0 Å². The number of Topliss-reactive ketones (excluding diaryl/α,β-unsaturated/α-hetero) is 1. The van der Waals surface area contributed by atoms with Crippen LogP contribution in [-0.2, 0) is 4.79 Å². The van der Waals surface area contributed by atoms with Crippen LogP contribution in [0, 0.1) is 5.41 Å². The smallest absolute Gasteiger partial charge is 0.146 e. The predicted octanol–water partition coefficient (Wildman–Crippen LogP) is 2.41. The summed E-state index contributed by atoms with van der Waals surface area (Å²) in [7, 11) is 0. The predicted molar refractivity (Wildman–Crippen MR) is 48.7 cm³/mol. The van der Waals surface area contributed by atoms with E-state index >= 15 is 0 Å². The van der Waals surface area contributed by atoms with Gasteiger partial charge in [-0.1, -0.05) is 36.0 Å². The van der Waals surface area contributed by atoms with E-state index in [2.05, 4.69) is 6.08 Å². The van der Waals surface area contributed by atoms with Gasteiger partial charge in [-0.2, -0.15) is 0 Å². The van der Waals surface area contributed by atoms with Crippen molar-refractivity contribution in [2.24, 2.45) is 5.41 Å². The normalized spacial score (nSPS) is 33.1. The number of carbonyl (C=O) groups excluding carboxylic acids is 1. The lowest BCUT2D eigenvalue weighted by atomic mass is 9.84. The Morgan fingerprint density at radius 2 is 2.08 bits per heavy atom. The fourth-order valence-electron chi connectivity index (χ4n) is 1.89. The van der Waals surface area contributed by atoms with Crippen molar-refractivity contribution in [2.75, 3.05) is 0 Å². The van der Waals surface area contributed by atoms with Crippen LogP contribution in [0.1, 0.15) is 19.8 Å². The lowest BCUT2D eigenvalue weighted by Crippen LogP contribution is -2.19. The maximum atomic E-state index is 11.6. The first-order valence-corrected chi connectivity index (χ1v) is 4.32. The molecule has 0 N–H and O–H groups in total. The van der Waals surface area contributed by atoms with Crippen LogP contribution in [0.25, 0.3) is 0 Å². The zero-order valence-electron chi connectivity index (χ0n) is 7.21. The van der Waals surface area contributed by atoms with E-state index in [1.54, 1.807) is 0 Å². The molecule has 0 heterocycles. The van der Waals surface area contributed by atoms with Gasteiger partial charge in [0.2, 0.25) is 0 Å². The zero-order valence-corrected chi connectivity index (χ0v) is 7.21. The summed E-state index contributed by atoms with van der Waals surface area (Å²) >= 11 is 0. The molecule has 1 saturated carbocycles. The molecule has 2 rings (SSSR count). The third kappa shape index (κ3) is 0.893. The minimum absolute atomic E-state index is 0.288. The van der Waals surface area contributed by atoms with Gasteiger partial charge >= 0.3 is 0 Å². The van der Waals surface area contributed by atoms with Gasteiger partial charge in [-0.05, 0) is 13.3 Å². The topological polar surface area (TPSA) is 17.1 Å². The summed E-state index contributed by atoms with van der Waals surface area (Å²) < 4.78 is 0. The highest BCUT2D eigenvalue weighted by Gasteiger charge is 2.39. The second-order valence-corrected chi connectivity index (χ2v) is 3.56. The molecule has 1 fully saturated rings. The number of fused-ring (bicyclic) bond motifs is 1. The number of carbonyl (C=O) groups is 1. The average Bonchev–Trinajstić information content (AvgIpc) is 2.24. The SMILES string of the molecule is C[C@@]12C=CC=CC=C1CCC2=O. The van der Waals surface area contributed by atoms with Crippen molar-refractivity contribution < 1.29 is 4.79 Å². The van der Waals surface area contributed by atoms with Crippen LogP contribution in [0.15, 0.2) is 36.0 Å². The van der Waals surface area contributed by atoms with Crippen LogP contribution in [0.2, 0.25) is 0 Å². The van der Waals surface area contributed by atoms with Crippen LogP contribution in [-0.4, -0.2) is 5.78 Å². The van der Waals surface area contributed by atoms with Gasteiger partial charge in [0.1, 0.15) is 5.78 Å². The first-order valence-electron chi connectivity index (χ1n) is 4.32. The Bertz CT molecular complexity index is 307. The van der Waals surface area contributed by atoms with Crippen molar-refractivity contribution in [1.82, 2.24) is 0 Å². The van der Waals surface area contributed by atoms with Crippen molar-refractivity contribution in [1.29, 1.82) is 0 Å². The summed E-state index contributed by atoms with van der Waals surface area (Å²) in [4.78, 5) is 11.6. The van der Waals surface area contributed by atoms with E-state index in [4.69, 9.17) is 0 Å². The van der Waals surface area contributed by atoms with Crippen molar-refractivity contribution in [3.8, 4) is 0 Å². The van der Waals surface area contributed by atoms with Gasteiger partial charge in [-0.25, -0.2) is 0 Å². The number of rotatable bonds is 0. The Hall–Kier alpha value is -1.11. The molecule has 2 aliphatic carbocycles. The molecule has 0 amide bonds. The Labute approximate surface area is 72.5 Å². The van der Waals surface area contributed by atoms with Gasteiger partial charge in [-0.3, -0.25) is 4.79 Å². The highest BCUT2D eigenvalue weighted by atomic mass is 16.1. The van der Waals surface area contributed by atoms with Gasteiger partial charge in [0.05, 0.1) is 5.41 Å². The van der Waals surface area contributed by atoms with Gasteiger partial charge in [0.25, 0.3) is 0 Å². The van der Waals surface area contributed by atoms with Crippen molar-refractivity contribution in [2.45, 2.75) is 19.8 Å². The maximum absolute atomic E-state index is 11.6. The quantitative estimate of drug-likeness (QED) is 0.532. The van der Waals surface area contributed by atoms with E-state index < -0.39 is 0 Å². The Morgan fingerprint density at radius 3 is 2.92 bits per heavy atom. The van der Waals surface area contributed by atoms with Crippen LogP contribution in [0.3, 0.4) is 0 Å². The van der Waals surface area contributed by atoms with Crippen LogP contribution in [0.5, 0.6) is 0 Å². The maximum Gasteiger partial charge on any atom is 0.146 e. The van der Waals surface area contributed by atoms with Crippen LogP contribution in [0.4, 0.5) is 0 Å². The molecule has 62 valence electrons. The lowest BCUT2D eigenvalue weighted by Gasteiger charge is -2.18. The summed E-state index contributed by atoms with van der Waals surface area (Å²) in [5.41, 5.74) is 0.973. The van der Waals surface area contributed by atoms with Crippen molar-refractivity contribution >= 4 is 5.78 Å². The Morgan fingerprint density at radius 1 is 1.25 bits per heavy atom. The van der Waals surface area contributed by atoms with Gasteiger partial charge in [0, 0.05) is 6.42 Å². The number of hydrogen-bond donors (Lipinski definition) is 0. The molecule has 0 aromatic heterocycles. The molecule has 0 unspecified atom stereocenters. The Kier molecular flexibility index (Phi) is 1.53. The van der Waals surface area contributed by atoms with E-state index in [1.165, 1.54) is 5.57 Å². The van der Waals surface area contributed by atoms with E-state index in [9.17, 15) is 4.79 Å². The first kappa shape index (κ1) is 7.53. The summed E-state index contributed by atoms with van der Waals surface area (Å²) in [6.07, 6.45) is 11.7. The molecule has 0 aromatic carbocycles. The minimum Gasteiger partial charge on any atom is -0.298 e. The molecule has 0 bridgehead atoms. The minimum atomic E-state index is -0.288. The molecule has 1 nitrogen and oxygen atoms in total. The van der Waals surface area contributed by atoms with Crippen LogP contribution >= 0.6 is 0 Å². The molecule has 12 heavy (non-hydrogen) atoms. The standard InChI is InChI=1S/C11H12O/c1-11-8-4-2-3-5-9(11)6-7-10(11)12/h2-5,8H,6-7H2,1H3/t11-/m1/s1. The molecular weight excluding hydrogens is 148 g/mol. The molecule has 0 saturated heterocycles. The van der Waals surface area contributed by atoms with Crippen molar-refractivity contribution in [3.05, 3.63) is 36.0 Å². The monoisotopic (exact) mass is 160 g/mol. The fourth-order valence-corrected chi connectivity index (χ4v) is 1.89. The van der Waals surface area contributed by atoms with E-state index in [0.717, 1.165) is 6.42 Å². The highest BCUT2D eigenvalue weighted by molar-refractivity contribution is 5.93. The summed E-state index contributed by atoms with van der Waals surface area (Å²) in [5, 5.41) is 0. The van der Waals surface area contributed by atoms with Gasteiger partial charge in [-0.15, -0.1) is 0 Å². The molecule has 2 aliphatic rings. The molecule has 0 aliphatic heterocycles. The van der Waals surface area contributed by atoms with Crippen LogP contribution < -0.4 is 0 Å². The van der Waals surface area contributed by atoms with E-state index in [0.29, 0.717) is 12.2 Å². The number of ketones is 1. The molecule has 0 radical (unpaired) electrons. The summed E-state index contributed by atoms with van der Waals surface area (Å²) in [6, 6.07) is 0. The van der Waals surface area contributed by atoms with Gasteiger partial charge < -0.3 is 0 Å². The molecule has 1 heteroatoms. The fraction of sp³-hybridized carbons (Fsp3) is 0.364. The molecule has 1 atom stereocenters. The third-order valence-electron chi connectivity index (χ3n) is 2.82. The number of hydrogen-bond acceptors (Lipinski definition) is 1. The largest absolute Gasteiger partial charge is 0.298 e. The zero-order chi connectivity index (χ0) is 8.60. The first-order chi connectivity index (χ1) is 5.73. The average molecular weight is 160 g/mol. The highest BCUT2D eigenvalue weighted by Crippen LogP contribution is 2.41. The van der Waals surface area contributed by atoms with Crippen molar-refractivity contribution in [3.63, 3.8) is 0 Å². The lowest BCUT2D eigenvalue weighted by molar-refractivity contribution is -0.122. The molecular formula is C11H12O. The summed E-state index contributed by atoms with van der Waals surface area (Å²) in [6.45, 7) is 2.01. The van der Waals surface area contributed by atoms with E-state index in [1.807, 2.05) is 31.2 Å². The summed E-state index contributed by atoms with van der Waals surface area (Å²) in [5.74, 6) is 0.355.